The molecule has 0 aliphatic heterocycles. The van der Waals surface area contributed by atoms with Gasteiger partial charge in [-0.3, -0.25) is 10.1 Å². The summed E-state index contributed by atoms with van der Waals surface area (Å²) in [5.41, 5.74) is 0.568. The monoisotopic (exact) mass is 384 g/mol. The predicted molar refractivity (Wildman–Crippen MR) is 90.1 cm³/mol. The Balaban J connectivity index is 1.62. The third-order valence-electron chi connectivity index (χ3n) is 2.89. The molecule has 6 nitrogen and oxygen atoms in total. The summed E-state index contributed by atoms with van der Waals surface area (Å²) in [5, 5.41) is 14.7. The van der Waals surface area contributed by atoms with Gasteiger partial charge in [-0.15, -0.1) is 10.2 Å². The number of amides is 1. The average molecular weight is 385 g/mol. The lowest BCUT2D eigenvalue weighted by Crippen LogP contribution is -2.11. The molecule has 124 valence electrons. The van der Waals surface area contributed by atoms with Crippen LogP contribution in [0.3, 0.4) is 0 Å². The lowest BCUT2D eigenvalue weighted by molar-refractivity contribution is 0.101. The van der Waals surface area contributed by atoms with Gasteiger partial charge in [-0.25, -0.2) is 4.39 Å². The summed E-state index contributed by atoms with van der Waals surface area (Å²) >= 11 is 8.44. The van der Waals surface area contributed by atoms with E-state index < -0.39 is 5.91 Å². The molecule has 10 heteroatoms. The van der Waals surface area contributed by atoms with Gasteiger partial charge < -0.3 is 4.52 Å². The Bertz CT molecular complexity index is 863. The van der Waals surface area contributed by atoms with E-state index in [0.29, 0.717) is 31.6 Å². The van der Waals surface area contributed by atoms with Gasteiger partial charge in [0.2, 0.25) is 5.13 Å². The van der Waals surface area contributed by atoms with Crippen molar-refractivity contribution in [1.82, 2.24) is 15.4 Å². The summed E-state index contributed by atoms with van der Waals surface area (Å²) < 4.78 is 19.1. The van der Waals surface area contributed by atoms with Crippen molar-refractivity contribution in [3.05, 3.63) is 52.1 Å². The first-order valence-corrected chi connectivity index (χ1v) is 8.85. The van der Waals surface area contributed by atoms with Crippen molar-refractivity contribution < 1.29 is 13.7 Å². The van der Waals surface area contributed by atoms with E-state index in [2.05, 4.69) is 20.7 Å². The number of rotatable bonds is 5. The van der Waals surface area contributed by atoms with Crippen LogP contribution in [-0.2, 0) is 5.75 Å². The Morgan fingerprint density at radius 3 is 3.00 bits per heavy atom. The zero-order valence-corrected chi connectivity index (χ0v) is 14.6. The van der Waals surface area contributed by atoms with Crippen LogP contribution in [0.15, 0.2) is 33.1 Å². The van der Waals surface area contributed by atoms with Gasteiger partial charge in [-0.1, -0.05) is 45.9 Å². The van der Waals surface area contributed by atoms with Crippen LogP contribution in [0.2, 0.25) is 5.02 Å². The smallest absolute Gasteiger partial charge is 0.279 e. The molecule has 0 saturated heterocycles. The van der Waals surface area contributed by atoms with Gasteiger partial charge in [0.25, 0.3) is 5.91 Å². The number of halogens is 2. The van der Waals surface area contributed by atoms with E-state index in [-0.39, 0.29) is 11.5 Å². The Morgan fingerprint density at radius 2 is 2.29 bits per heavy atom. The van der Waals surface area contributed by atoms with E-state index >= 15 is 0 Å². The van der Waals surface area contributed by atoms with Gasteiger partial charge in [-0.2, -0.15) is 0 Å². The summed E-state index contributed by atoms with van der Waals surface area (Å²) in [6.07, 6.45) is 0. The fraction of sp³-hybridized carbons (Fsp3) is 0.143. The van der Waals surface area contributed by atoms with Crippen LogP contribution < -0.4 is 5.32 Å². The lowest BCUT2D eigenvalue weighted by Gasteiger charge is -2.03. The van der Waals surface area contributed by atoms with Crippen LogP contribution in [-0.4, -0.2) is 21.3 Å². The maximum absolute atomic E-state index is 13.7. The zero-order valence-electron chi connectivity index (χ0n) is 12.2. The molecule has 1 aromatic carbocycles. The molecule has 2 heterocycles. The fourth-order valence-corrected chi connectivity index (χ4v) is 3.85. The molecule has 0 aliphatic carbocycles. The van der Waals surface area contributed by atoms with Crippen LogP contribution in [0, 0.1) is 12.7 Å². The number of nitrogens with zero attached hydrogens (tertiary/aromatic N) is 3. The van der Waals surface area contributed by atoms with Gasteiger partial charge in [-0.05, 0) is 19.1 Å². The number of carbonyl (C=O) groups is 1. The van der Waals surface area contributed by atoms with Gasteiger partial charge in [0.15, 0.2) is 10.0 Å². The molecular formula is C14H10ClFN4O2S2. The minimum atomic E-state index is -0.434. The number of carbonyl (C=O) groups excluding carboxylic acids is 1. The highest BCUT2D eigenvalue weighted by atomic mass is 35.5. The highest BCUT2D eigenvalue weighted by Crippen LogP contribution is 2.31. The number of anilines is 1. The second-order valence-electron chi connectivity index (χ2n) is 4.64. The van der Waals surface area contributed by atoms with Crippen molar-refractivity contribution in [3.63, 3.8) is 0 Å². The molecule has 0 spiro atoms. The minimum Gasteiger partial charge on any atom is -0.361 e. The number of thioether (sulfide) groups is 1. The molecule has 0 fully saturated rings. The van der Waals surface area contributed by atoms with Gasteiger partial charge in [0, 0.05) is 22.4 Å². The Kier molecular flexibility index (Phi) is 5.12. The van der Waals surface area contributed by atoms with Crippen LogP contribution in [0.1, 0.15) is 21.8 Å². The molecule has 0 saturated carbocycles. The van der Waals surface area contributed by atoms with Crippen molar-refractivity contribution in [3.8, 4) is 0 Å². The number of aromatic nitrogens is 3. The van der Waals surface area contributed by atoms with Crippen LogP contribution in [0.5, 0.6) is 0 Å². The third-order valence-corrected chi connectivity index (χ3v) is 5.24. The molecule has 0 unspecified atom stereocenters. The fourth-order valence-electron chi connectivity index (χ4n) is 1.76. The minimum absolute atomic E-state index is 0.162. The molecule has 0 bridgehead atoms. The molecule has 1 N–H and O–H groups in total. The van der Waals surface area contributed by atoms with Gasteiger partial charge >= 0.3 is 0 Å². The molecule has 3 rings (SSSR count). The number of hydrogen-bond donors (Lipinski definition) is 1. The molecule has 0 radical (unpaired) electrons. The number of benzene rings is 1. The van der Waals surface area contributed by atoms with Gasteiger partial charge in [0.1, 0.15) is 11.6 Å². The second kappa shape index (κ2) is 7.29. The molecule has 1 amide bonds. The standard InChI is InChI=1S/C14H10ClFN4O2S2/c1-7-5-11(20-22-7)12(21)17-13-18-19-14(24-13)23-6-8-9(15)3-2-4-10(8)16/h2-5H,6H2,1H3,(H,17,18,21). The SMILES string of the molecule is Cc1cc(C(=O)Nc2nnc(SCc3c(F)cccc3Cl)s2)no1. The van der Waals surface area contributed by atoms with E-state index in [0.717, 1.165) is 0 Å². The van der Waals surface area contributed by atoms with Crippen LogP contribution in [0.4, 0.5) is 9.52 Å². The molecule has 2 aromatic heterocycles. The van der Waals surface area contributed by atoms with E-state index in [4.69, 9.17) is 16.1 Å². The first-order valence-electron chi connectivity index (χ1n) is 6.67. The number of aryl methyl sites for hydroxylation is 1. The third kappa shape index (κ3) is 3.92. The highest BCUT2D eigenvalue weighted by molar-refractivity contribution is 8.00. The normalized spacial score (nSPS) is 10.8. The van der Waals surface area contributed by atoms with Crippen LogP contribution >= 0.6 is 34.7 Å². The largest absolute Gasteiger partial charge is 0.361 e. The predicted octanol–water partition coefficient (Wildman–Crippen LogP) is 4.17. The molecule has 24 heavy (non-hydrogen) atoms. The second-order valence-corrected chi connectivity index (χ2v) is 7.25. The number of hydrogen-bond acceptors (Lipinski definition) is 7. The quantitative estimate of drug-likeness (QED) is 0.525. The van der Waals surface area contributed by atoms with E-state index in [1.165, 1.54) is 35.2 Å². The molecule has 0 aliphatic rings. The Hall–Kier alpha value is -1.97. The summed E-state index contributed by atoms with van der Waals surface area (Å²) in [5.74, 6) is 0.0536. The summed E-state index contributed by atoms with van der Waals surface area (Å²) in [6, 6.07) is 6.06. The van der Waals surface area contributed by atoms with Crippen molar-refractivity contribution in [2.75, 3.05) is 5.32 Å². The van der Waals surface area contributed by atoms with Crippen LogP contribution in [0.25, 0.3) is 0 Å². The Morgan fingerprint density at radius 1 is 1.46 bits per heavy atom. The molecular weight excluding hydrogens is 375 g/mol. The topological polar surface area (TPSA) is 80.9 Å². The van der Waals surface area contributed by atoms with E-state index in [1.54, 1.807) is 19.1 Å². The molecule has 0 atom stereocenters. The maximum Gasteiger partial charge on any atom is 0.279 e. The highest BCUT2D eigenvalue weighted by Gasteiger charge is 2.15. The van der Waals surface area contributed by atoms with Crippen molar-refractivity contribution >= 4 is 45.7 Å². The van der Waals surface area contributed by atoms with Crippen molar-refractivity contribution in [2.45, 2.75) is 17.0 Å². The van der Waals surface area contributed by atoms with E-state index in [9.17, 15) is 9.18 Å². The van der Waals surface area contributed by atoms with E-state index in [1.807, 2.05) is 0 Å². The van der Waals surface area contributed by atoms with Crippen molar-refractivity contribution in [2.24, 2.45) is 0 Å². The van der Waals surface area contributed by atoms with Gasteiger partial charge in [0.05, 0.1) is 0 Å². The molecule has 3 aromatic rings. The Labute approximate surface area is 149 Å². The van der Waals surface area contributed by atoms with Crippen molar-refractivity contribution in [1.29, 1.82) is 0 Å². The summed E-state index contributed by atoms with van der Waals surface area (Å²) in [7, 11) is 0. The zero-order chi connectivity index (χ0) is 17.1. The number of nitrogens with one attached hydrogen (secondary N) is 1. The lowest BCUT2D eigenvalue weighted by atomic mass is 10.2. The summed E-state index contributed by atoms with van der Waals surface area (Å²) in [6.45, 7) is 1.69. The summed E-state index contributed by atoms with van der Waals surface area (Å²) in [4.78, 5) is 11.9. The first-order chi connectivity index (χ1) is 11.5. The first kappa shape index (κ1) is 16.9. The maximum atomic E-state index is 13.7. The average Bonchev–Trinajstić information content (AvgIpc) is 3.16.